The Balaban J connectivity index is 2.67. The molecule has 0 fully saturated rings. The first-order valence-corrected chi connectivity index (χ1v) is 9.71. The van der Waals surface area contributed by atoms with Crippen LogP contribution in [0, 0.1) is 0 Å². The molecule has 0 saturated heterocycles. The van der Waals surface area contributed by atoms with Gasteiger partial charge < -0.3 is 5.32 Å². The molecule has 0 aromatic heterocycles. The van der Waals surface area contributed by atoms with Gasteiger partial charge in [0.25, 0.3) is 0 Å². The standard InChI is InChI=1S/C14H24N2O2S2/c1-4-15-12(2)13-6-8-14(9-7-13)20(17,18)16-10-5-11-19-3/h6-9,12,15-16H,4-5,10-11H2,1-3H3. The average Bonchev–Trinajstić information content (AvgIpc) is 2.44. The van der Waals surface area contributed by atoms with Crippen molar-refractivity contribution in [2.45, 2.75) is 31.2 Å². The summed E-state index contributed by atoms with van der Waals surface area (Å²) in [5, 5.41) is 3.30. The smallest absolute Gasteiger partial charge is 0.240 e. The van der Waals surface area contributed by atoms with Crippen LogP contribution in [0.25, 0.3) is 0 Å². The maximum Gasteiger partial charge on any atom is 0.240 e. The lowest BCUT2D eigenvalue weighted by atomic mass is 10.1. The first-order valence-electron chi connectivity index (χ1n) is 6.83. The quantitative estimate of drug-likeness (QED) is 0.687. The fourth-order valence-corrected chi connectivity index (χ4v) is 3.37. The highest BCUT2D eigenvalue weighted by Gasteiger charge is 2.13. The molecule has 1 aromatic carbocycles. The molecule has 0 aliphatic carbocycles. The van der Waals surface area contributed by atoms with Crippen molar-refractivity contribution in [1.29, 1.82) is 0 Å². The van der Waals surface area contributed by atoms with Gasteiger partial charge in [0, 0.05) is 12.6 Å². The number of nitrogens with one attached hydrogen (secondary N) is 2. The summed E-state index contributed by atoms with van der Waals surface area (Å²) in [6.07, 6.45) is 2.86. The summed E-state index contributed by atoms with van der Waals surface area (Å²) in [5.74, 6) is 0.960. The fourth-order valence-electron chi connectivity index (χ4n) is 1.87. The molecule has 0 spiro atoms. The third kappa shape index (κ3) is 5.44. The Labute approximate surface area is 126 Å². The minimum absolute atomic E-state index is 0.228. The Bertz CT molecular complexity index is 486. The molecule has 20 heavy (non-hydrogen) atoms. The molecule has 6 heteroatoms. The number of sulfonamides is 1. The Morgan fingerprint density at radius 3 is 2.45 bits per heavy atom. The van der Waals surface area contributed by atoms with Crippen molar-refractivity contribution in [2.75, 3.05) is 25.1 Å². The molecule has 1 aromatic rings. The zero-order valence-electron chi connectivity index (χ0n) is 12.3. The normalized spacial score (nSPS) is 13.3. The number of benzene rings is 1. The summed E-state index contributed by atoms with van der Waals surface area (Å²) < 4.78 is 26.8. The second-order valence-corrected chi connectivity index (χ2v) is 7.35. The molecular formula is C14H24N2O2S2. The van der Waals surface area contributed by atoms with Crippen molar-refractivity contribution in [3.63, 3.8) is 0 Å². The molecule has 1 rings (SSSR count). The molecule has 114 valence electrons. The maximum atomic E-state index is 12.1. The maximum absolute atomic E-state index is 12.1. The van der Waals surface area contributed by atoms with Crippen LogP contribution in [0.4, 0.5) is 0 Å². The van der Waals surface area contributed by atoms with E-state index < -0.39 is 10.0 Å². The van der Waals surface area contributed by atoms with Crippen LogP contribution in [0.3, 0.4) is 0 Å². The Kier molecular flexibility index (Phi) is 7.58. The molecule has 0 heterocycles. The fraction of sp³-hybridized carbons (Fsp3) is 0.571. The Hall–Kier alpha value is -0.560. The van der Waals surface area contributed by atoms with E-state index in [1.54, 1.807) is 23.9 Å². The third-order valence-corrected chi connectivity index (χ3v) is 5.19. The summed E-state index contributed by atoms with van der Waals surface area (Å²) in [4.78, 5) is 0.328. The van der Waals surface area contributed by atoms with E-state index in [2.05, 4.69) is 17.0 Å². The van der Waals surface area contributed by atoms with Gasteiger partial charge in [0.15, 0.2) is 0 Å². The highest BCUT2D eigenvalue weighted by molar-refractivity contribution is 7.98. The van der Waals surface area contributed by atoms with Crippen LogP contribution >= 0.6 is 11.8 Å². The lowest BCUT2D eigenvalue weighted by Gasteiger charge is -2.13. The summed E-state index contributed by atoms with van der Waals surface area (Å²) in [7, 11) is -3.38. The SMILES string of the molecule is CCNC(C)c1ccc(S(=O)(=O)NCCCSC)cc1. The lowest BCUT2D eigenvalue weighted by molar-refractivity contribution is 0.580. The summed E-state index contributed by atoms with van der Waals surface area (Å²) >= 11 is 1.72. The second-order valence-electron chi connectivity index (χ2n) is 4.59. The Morgan fingerprint density at radius 2 is 1.90 bits per heavy atom. The van der Waals surface area contributed by atoms with Crippen LogP contribution < -0.4 is 10.0 Å². The molecule has 0 amide bonds. The zero-order valence-corrected chi connectivity index (χ0v) is 14.0. The van der Waals surface area contributed by atoms with E-state index in [0.29, 0.717) is 11.4 Å². The topological polar surface area (TPSA) is 58.2 Å². The number of hydrogen-bond donors (Lipinski definition) is 2. The van der Waals surface area contributed by atoms with E-state index in [1.165, 1.54) is 0 Å². The van der Waals surface area contributed by atoms with Crippen LogP contribution in [-0.2, 0) is 10.0 Å². The molecule has 0 saturated carbocycles. The average molecular weight is 316 g/mol. The van der Waals surface area contributed by atoms with E-state index in [1.807, 2.05) is 25.3 Å². The van der Waals surface area contributed by atoms with Gasteiger partial charge in [-0.15, -0.1) is 0 Å². The monoisotopic (exact) mass is 316 g/mol. The van der Waals surface area contributed by atoms with E-state index >= 15 is 0 Å². The van der Waals surface area contributed by atoms with Gasteiger partial charge in [0.05, 0.1) is 4.90 Å². The van der Waals surface area contributed by atoms with Gasteiger partial charge in [-0.1, -0.05) is 19.1 Å². The van der Waals surface area contributed by atoms with Crippen LogP contribution in [0.2, 0.25) is 0 Å². The minimum atomic E-state index is -3.38. The number of hydrogen-bond acceptors (Lipinski definition) is 4. The van der Waals surface area contributed by atoms with Crippen LogP contribution in [-0.4, -0.2) is 33.5 Å². The number of thioether (sulfide) groups is 1. The molecule has 0 bridgehead atoms. The zero-order chi connectivity index (χ0) is 15.0. The molecule has 0 aliphatic rings. The highest BCUT2D eigenvalue weighted by Crippen LogP contribution is 2.16. The molecule has 0 aliphatic heterocycles. The first-order chi connectivity index (χ1) is 9.51. The van der Waals surface area contributed by atoms with Crippen molar-refractivity contribution in [3.05, 3.63) is 29.8 Å². The highest BCUT2D eigenvalue weighted by atomic mass is 32.2. The number of rotatable bonds is 9. The van der Waals surface area contributed by atoms with Gasteiger partial charge in [0.1, 0.15) is 0 Å². The predicted molar refractivity (Wildman–Crippen MR) is 86.7 cm³/mol. The second kappa shape index (κ2) is 8.67. The molecule has 0 radical (unpaired) electrons. The molecule has 1 unspecified atom stereocenters. The van der Waals surface area contributed by atoms with Gasteiger partial charge in [0.2, 0.25) is 10.0 Å². The van der Waals surface area contributed by atoms with Crippen molar-refractivity contribution in [3.8, 4) is 0 Å². The van der Waals surface area contributed by atoms with Gasteiger partial charge in [-0.05, 0) is 49.6 Å². The van der Waals surface area contributed by atoms with Crippen LogP contribution in [0.15, 0.2) is 29.2 Å². The van der Waals surface area contributed by atoms with Crippen molar-refractivity contribution in [2.24, 2.45) is 0 Å². The minimum Gasteiger partial charge on any atom is -0.310 e. The first kappa shape index (κ1) is 17.5. The van der Waals surface area contributed by atoms with Gasteiger partial charge in [-0.2, -0.15) is 11.8 Å². The Morgan fingerprint density at radius 1 is 1.25 bits per heavy atom. The third-order valence-electron chi connectivity index (χ3n) is 3.02. The molecule has 1 atom stereocenters. The van der Waals surface area contributed by atoms with Gasteiger partial charge in [-0.3, -0.25) is 0 Å². The molecule has 4 nitrogen and oxygen atoms in total. The van der Waals surface area contributed by atoms with Gasteiger partial charge >= 0.3 is 0 Å². The lowest BCUT2D eigenvalue weighted by Crippen LogP contribution is -2.25. The van der Waals surface area contributed by atoms with E-state index in [4.69, 9.17) is 0 Å². The summed E-state index contributed by atoms with van der Waals surface area (Å²) in [6, 6.07) is 7.29. The van der Waals surface area contributed by atoms with Gasteiger partial charge in [-0.25, -0.2) is 13.1 Å². The van der Waals surface area contributed by atoms with Crippen molar-refractivity contribution in [1.82, 2.24) is 10.0 Å². The van der Waals surface area contributed by atoms with Crippen LogP contribution in [0.1, 0.15) is 31.9 Å². The van der Waals surface area contributed by atoms with Crippen LogP contribution in [0.5, 0.6) is 0 Å². The van der Waals surface area contributed by atoms with E-state index in [0.717, 1.165) is 24.3 Å². The van der Waals surface area contributed by atoms with Crippen molar-refractivity contribution < 1.29 is 8.42 Å². The summed E-state index contributed by atoms with van der Waals surface area (Å²) in [6.45, 7) is 5.48. The van der Waals surface area contributed by atoms with E-state index in [9.17, 15) is 8.42 Å². The predicted octanol–water partition coefficient (Wildman–Crippen LogP) is 2.39. The summed E-state index contributed by atoms with van der Waals surface area (Å²) in [5.41, 5.74) is 1.09. The van der Waals surface area contributed by atoms with Crippen molar-refractivity contribution >= 4 is 21.8 Å². The largest absolute Gasteiger partial charge is 0.310 e. The molecule has 2 N–H and O–H groups in total. The van der Waals surface area contributed by atoms with E-state index in [-0.39, 0.29) is 6.04 Å². The molecular weight excluding hydrogens is 292 g/mol.